The quantitative estimate of drug-likeness (QED) is 0.768. The lowest BCUT2D eigenvalue weighted by Gasteiger charge is -2.18. The topological polar surface area (TPSA) is 46.6 Å². The monoisotopic (exact) mass is 367 g/mol. The van der Waals surface area contributed by atoms with Crippen LogP contribution in [0.5, 0.6) is 0 Å². The van der Waals surface area contributed by atoms with E-state index in [9.17, 15) is 22.8 Å². The second-order valence-corrected chi connectivity index (χ2v) is 5.10. The van der Waals surface area contributed by atoms with Crippen LogP contribution >= 0.6 is 15.9 Å². The molecule has 0 aromatic heterocycles. The molecule has 1 aromatic carbocycles. The van der Waals surface area contributed by atoms with E-state index in [1.807, 2.05) is 0 Å². The first-order valence-corrected chi connectivity index (χ1v) is 6.65. The van der Waals surface area contributed by atoms with Crippen LogP contribution in [0.3, 0.4) is 0 Å². The number of amides is 1. The lowest BCUT2D eigenvalue weighted by atomic mass is 10.1. The minimum Gasteiger partial charge on any atom is -0.469 e. The summed E-state index contributed by atoms with van der Waals surface area (Å²) in [6.45, 7) is 0.0585. The van der Waals surface area contributed by atoms with Crippen molar-refractivity contribution in [3.05, 3.63) is 33.8 Å². The summed E-state index contributed by atoms with van der Waals surface area (Å²) in [6, 6.07) is 3.24. The Kier molecular flexibility index (Phi) is 5.77. The molecule has 0 aliphatic rings. The molecule has 0 unspecified atom stereocenters. The van der Waals surface area contributed by atoms with Crippen molar-refractivity contribution in [3.63, 3.8) is 0 Å². The van der Waals surface area contributed by atoms with E-state index < -0.39 is 23.6 Å². The molecule has 0 saturated heterocycles. The molecule has 0 saturated carbocycles. The van der Waals surface area contributed by atoms with Gasteiger partial charge in [-0.2, -0.15) is 13.2 Å². The Labute approximate surface area is 128 Å². The van der Waals surface area contributed by atoms with E-state index in [1.54, 1.807) is 0 Å². The fraction of sp³-hybridized carbons (Fsp3) is 0.385. The predicted octanol–water partition coefficient (Wildman–Crippen LogP) is 3.10. The molecule has 1 amide bonds. The zero-order valence-electron chi connectivity index (χ0n) is 11.3. The van der Waals surface area contributed by atoms with Gasteiger partial charge in [0.25, 0.3) is 5.91 Å². The molecule has 0 N–H and O–H groups in total. The lowest BCUT2D eigenvalue weighted by Crippen LogP contribution is -2.29. The number of carbonyl (C=O) groups is 2. The van der Waals surface area contributed by atoms with Gasteiger partial charge in [-0.15, -0.1) is 0 Å². The first-order chi connectivity index (χ1) is 9.66. The standard InChI is InChI=1S/C13H13BrF3NO3/c1-18(6-5-11(19)21-2)12(20)8-3-4-10(14)9(7-8)13(15,16)17/h3-4,7H,5-6H2,1-2H3. The smallest absolute Gasteiger partial charge is 0.417 e. The fourth-order valence-electron chi connectivity index (χ4n) is 1.56. The first kappa shape index (κ1) is 17.5. The molecule has 21 heavy (non-hydrogen) atoms. The van der Waals surface area contributed by atoms with Crippen LogP contribution < -0.4 is 0 Å². The third-order valence-corrected chi connectivity index (χ3v) is 3.44. The maximum absolute atomic E-state index is 12.8. The second kappa shape index (κ2) is 6.93. The van der Waals surface area contributed by atoms with Gasteiger partial charge in [-0.3, -0.25) is 9.59 Å². The second-order valence-electron chi connectivity index (χ2n) is 4.25. The van der Waals surface area contributed by atoms with E-state index in [0.29, 0.717) is 0 Å². The molecule has 8 heteroatoms. The van der Waals surface area contributed by atoms with E-state index in [0.717, 1.165) is 6.07 Å². The number of alkyl halides is 3. The van der Waals surface area contributed by atoms with Gasteiger partial charge in [0.05, 0.1) is 19.1 Å². The number of nitrogens with zero attached hydrogens (tertiary/aromatic N) is 1. The molecule has 116 valence electrons. The van der Waals surface area contributed by atoms with Crippen molar-refractivity contribution in [2.24, 2.45) is 0 Å². The minimum atomic E-state index is -4.56. The Bertz CT molecular complexity index is 546. The molecule has 0 fully saturated rings. The highest BCUT2D eigenvalue weighted by Crippen LogP contribution is 2.35. The summed E-state index contributed by atoms with van der Waals surface area (Å²) in [7, 11) is 2.62. The third-order valence-electron chi connectivity index (χ3n) is 2.74. The van der Waals surface area contributed by atoms with Gasteiger partial charge in [0.2, 0.25) is 0 Å². The van der Waals surface area contributed by atoms with E-state index >= 15 is 0 Å². The number of halogens is 4. The minimum absolute atomic E-state index is 0.0264. The molecular formula is C13H13BrF3NO3. The molecule has 0 atom stereocenters. The predicted molar refractivity (Wildman–Crippen MR) is 72.7 cm³/mol. The van der Waals surface area contributed by atoms with Crippen molar-refractivity contribution >= 4 is 27.8 Å². The van der Waals surface area contributed by atoms with Crippen molar-refractivity contribution in [2.45, 2.75) is 12.6 Å². The average Bonchev–Trinajstić information content (AvgIpc) is 2.42. The maximum Gasteiger partial charge on any atom is 0.417 e. The number of methoxy groups -OCH3 is 1. The van der Waals surface area contributed by atoms with Gasteiger partial charge in [0.1, 0.15) is 0 Å². The molecule has 0 radical (unpaired) electrons. The van der Waals surface area contributed by atoms with Crippen LogP contribution in [-0.2, 0) is 15.7 Å². The van der Waals surface area contributed by atoms with Crippen LogP contribution in [0.25, 0.3) is 0 Å². The molecule has 1 aromatic rings. The Balaban J connectivity index is 2.90. The number of hydrogen-bond acceptors (Lipinski definition) is 3. The Hall–Kier alpha value is -1.57. The van der Waals surface area contributed by atoms with E-state index in [2.05, 4.69) is 20.7 Å². The number of hydrogen-bond donors (Lipinski definition) is 0. The summed E-state index contributed by atoms with van der Waals surface area (Å²) in [5, 5.41) is 0. The van der Waals surface area contributed by atoms with E-state index in [4.69, 9.17) is 0 Å². The largest absolute Gasteiger partial charge is 0.469 e. The first-order valence-electron chi connectivity index (χ1n) is 5.86. The molecule has 0 spiro atoms. The number of benzene rings is 1. The fourth-order valence-corrected chi connectivity index (χ4v) is 2.03. The third kappa shape index (κ3) is 4.73. The van der Waals surface area contributed by atoms with Crippen molar-refractivity contribution in [1.29, 1.82) is 0 Å². The summed E-state index contributed by atoms with van der Waals surface area (Å²) in [6.07, 6.45) is -4.58. The molecule has 0 aliphatic carbocycles. The summed E-state index contributed by atoms with van der Waals surface area (Å²) >= 11 is 2.81. The zero-order valence-corrected chi connectivity index (χ0v) is 12.9. The summed E-state index contributed by atoms with van der Waals surface area (Å²) in [5.74, 6) is -1.10. The SMILES string of the molecule is COC(=O)CCN(C)C(=O)c1ccc(Br)c(C(F)(F)F)c1. The summed E-state index contributed by atoms with van der Waals surface area (Å²) in [4.78, 5) is 24.2. The number of ether oxygens (including phenoxy) is 1. The van der Waals surface area contributed by atoms with Crippen molar-refractivity contribution < 1.29 is 27.5 Å². The molecule has 0 aliphatic heterocycles. The molecule has 0 bridgehead atoms. The van der Waals surface area contributed by atoms with E-state index in [1.165, 1.54) is 31.2 Å². The zero-order chi connectivity index (χ0) is 16.2. The summed E-state index contributed by atoms with van der Waals surface area (Å²) < 4.78 is 42.6. The summed E-state index contributed by atoms with van der Waals surface area (Å²) in [5.41, 5.74) is -1.02. The number of esters is 1. The lowest BCUT2D eigenvalue weighted by molar-refractivity contribution is -0.141. The highest BCUT2D eigenvalue weighted by Gasteiger charge is 2.33. The van der Waals surface area contributed by atoms with Gasteiger partial charge in [0.15, 0.2) is 0 Å². The van der Waals surface area contributed by atoms with Crippen LogP contribution in [0.4, 0.5) is 13.2 Å². The van der Waals surface area contributed by atoms with E-state index in [-0.39, 0.29) is 23.0 Å². The Morgan fingerprint density at radius 1 is 1.33 bits per heavy atom. The highest BCUT2D eigenvalue weighted by atomic mass is 79.9. The van der Waals surface area contributed by atoms with Crippen LogP contribution in [0.1, 0.15) is 22.3 Å². The highest BCUT2D eigenvalue weighted by molar-refractivity contribution is 9.10. The molecule has 0 heterocycles. The van der Waals surface area contributed by atoms with Crippen molar-refractivity contribution in [1.82, 2.24) is 4.90 Å². The van der Waals surface area contributed by atoms with Crippen LogP contribution in [0.15, 0.2) is 22.7 Å². The molecule has 4 nitrogen and oxygen atoms in total. The van der Waals surface area contributed by atoms with Gasteiger partial charge in [-0.1, -0.05) is 15.9 Å². The Morgan fingerprint density at radius 3 is 2.48 bits per heavy atom. The van der Waals surface area contributed by atoms with Gasteiger partial charge in [-0.25, -0.2) is 0 Å². The Morgan fingerprint density at radius 2 is 1.95 bits per heavy atom. The molecular weight excluding hydrogens is 355 g/mol. The number of rotatable bonds is 4. The van der Waals surface area contributed by atoms with Crippen LogP contribution in [0, 0.1) is 0 Å². The molecule has 1 rings (SSSR count). The van der Waals surface area contributed by atoms with Gasteiger partial charge >= 0.3 is 12.1 Å². The van der Waals surface area contributed by atoms with Crippen molar-refractivity contribution in [3.8, 4) is 0 Å². The van der Waals surface area contributed by atoms with Crippen LogP contribution in [0.2, 0.25) is 0 Å². The number of carbonyl (C=O) groups excluding carboxylic acids is 2. The van der Waals surface area contributed by atoms with Gasteiger partial charge in [-0.05, 0) is 18.2 Å². The average molecular weight is 368 g/mol. The maximum atomic E-state index is 12.8. The van der Waals surface area contributed by atoms with Crippen molar-refractivity contribution in [2.75, 3.05) is 20.7 Å². The van der Waals surface area contributed by atoms with Gasteiger partial charge < -0.3 is 9.64 Å². The normalized spacial score (nSPS) is 11.1. The van der Waals surface area contributed by atoms with Crippen LogP contribution in [-0.4, -0.2) is 37.5 Å². The van der Waals surface area contributed by atoms with Gasteiger partial charge in [0, 0.05) is 23.6 Å².